The molecule has 1 unspecified atom stereocenters. The summed E-state index contributed by atoms with van der Waals surface area (Å²) in [5, 5.41) is 0. The van der Waals surface area contributed by atoms with Gasteiger partial charge in [-0.1, -0.05) is 96.1 Å². The number of rotatable bonds is 27. The molecule has 0 amide bonds. The number of unbranched alkanes of at least 4 members (excludes halogenated alkanes) is 12. The summed E-state index contributed by atoms with van der Waals surface area (Å²) in [4.78, 5) is 37.2. The third-order valence-corrected chi connectivity index (χ3v) is 8.09. The van der Waals surface area contributed by atoms with Crippen molar-refractivity contribution in [2.45, 2.75) is 103 Å². The number of hydrogen-bond acceptors (Lipinski definition) is 9. The first kappa shape index (κ1) is 40.8. The van der Waals surface area contributed by atoms with Gasteiger partial charge in [-0.25, -0.2) is 4.79 Å². The Morgan fingerprint density at radius 3 is 2.07 bits per heavy atom. The molecule has 0 aliphatic carbocycles. The Labute approximate surface area is 271 Å². The maximum atomic E-state index is 12.6. The molecule has 2 atom stereocenters. The highest BCUT2D eigenvalue weighted by molar-refractivity contribution is 7.45. The quantitative estimate of drug-likeness (QED) is 0.0329. The minimum Gasteiger partial charge on any atom is -0.756 e. The molecule has 258 valence electrons. The molecule has 1 rings (SSSR count). The second-order valence-electron chi connectivity index (χ2n) is 12.4. The van der Waals surface area contributed by atoms with Gasteiger partial charge in [0.25, 0.3) is 7.82 Å². The van der Waals surface area contributed by atoms with Gasteiger partial charge >= 0.3 is 11.9 Å². The summed E-state index contributed by atoms with van der Waals surface area (Å²) in [5.41, 5.74) is 0.730. The highest BCUT2D eigenvalue weighted by Gasteiger charge is 2.21. The largest absolute Gasteiger partial charge is 0.756 e. The minimum atomic E-state index is -4.65. The van der Waals surface area contributed by atoms with Gasteiger partial charge in [0.2, 0.25) is 0 Å². The average molecular weight is 656 g/mol. The van der Waals surface area contributed by atoms with Crippen molar-refractivity contribution in [3.63, 3.8) is 0 Å². The van der Waals surface area contributed by atoms with E-state index in [1.54, 1.807) is 37.5 Å². The Bertz CT molecular complexity index is 1030. The predicted molar refractivity (Wildman–Crippen MR) is 176 cm³/mol. The van der Waals surface area contributed by atoms with Crippen molar-refractivity contribution < 1.29 is 46.8 Å². The van der Waals surface area contributed by atoms with Crippen molar-refractivity contribution in [1.82, 2.24) is 0 Å². The Hall–Kier alpha value is -2.23. The number of phosphoric acid groups is 1. The van der Waals surface area contributed by atoms with E-state index in [9.17, 15) is 19.0 Å². The number of esters is 2. The highest BCUT2D eigenvalue weighted by atomic mass is 31.2. The Balaban J connectivity index is 2.48. The predicted octanol–water partition coefficient (Wildman–Crippen LogP) is 6.85. The minimum absolute atomic E-state index is 0.0577. The smallest absolute Gasteiger partial charge is 0.330 e. The molecule has 0 radical (unpaired) electrons. The van der Waals surface area contributed by atoms with E-state index in [4.69, 9.17) is 23.3 Å². The van der Waals surface area contributed by atoms with E-state index in [0.717, 1.165) is 24.8 Å². The lowest BCUT2D eigenvalue weighted by atomic mass is 10.0. The number of benzene rings is 1. The van der Waals surface area contributed by atoms with Crippen molar-refractivity contribution in [2.24, 2.45) is 0 Å². The van der Waals surface area contributed by atoms with Gasteiger partial charge in [0.05, 0.1) is 34.9 Å². The molecule has 10 nitrogen and oxygen atoms in total. The van der Waals surface area contributed by atoms with Gasteiger partial charge in [-0.05, 0) is 30.2 Å². The number of carbonyl (C=O) groups excluding carboxylic acids is 2. The second-order valence-corrected chi connectivity index (χ2v) is 13.8. The van der Waals surface area contributed by atoms with Gasteiger partial charge in [0.15, 0.2) is 6.10 Å². The molecule has 0 bridgehead atoms. The number of nitrogens with zero attached hydrogens (tertiary/aromatic N) is 1. The SMILES string of the molecule is CCCCCCCCCCCCCCCC(=O)O[C@H](COC(=O)C=Cc1cccc(OC)c1)COP(=O)([O-])OCC[N+](C)(C)C. The van der Waals surface area contributed by atoms with Gasteiger partial charge in [-0.15, -0.1) is 0 Å². The van der Waals surface area contributed by atoms with Gasteiger partial charge in [-0.2, -0.15) is 0 Å². The molecule has 45 heavy (non-hydrogen) atoms. The van der Waals surface area contributed by atoms with E-state index >= 15 is 0 Å². The molecule has 1 aromatic carbocycles. The molecular weight excluding hydrogens is 597 g/mol. The number of likely N-dealkylation sites (N-methyl/N-ethyl adjacent to an activating group) is 1. The maximum absolute atomic E-state index is 12.6. The van der Waals surface area contributed by atoms with Crippen LogP contribution in [0.2, 0.25) is 0 Å². The molecule has 0 aliphatic heterocycles. The first-order valence-corrected chi connectivity index (χ1v) is 18.0. The van der Waals surface area contributed by atoms with Crippen LogP contribution < -0.4 is 9.63 Å². The van der Waals surface area contributed by atoms with Crippen molar-refractivity contribution in [2.75, 3.05) is 54.6 Å². The first-order chi connectivity index (χ1) is 21.4. The number of quaternary nitrogens is 1. The maximum Gasteiger partial charge on any atom is 0.330 e. The summed E-state index contributed by atoms with van der Waals surface area (Å²) in [6.07, 6.45) is 17.4. The number of ether oxygens (including phenoxy) is 3. The third kappa shape index (κ3) is 23.7. The van der Waals surface area contributed by atoms with E-state index in [2.05, 4.69) is 6.92 Å². The molecular formula is C34H58NO9P. The number of methoxy groups -OCH3 is 1. The van der Waals surface area contributed by atoms with Gasteiger partial charge in [0.1, 0.15) is 25.5 Å². The van der Waals surface area contributed by atoms with Crippen LogP contribution in [0.3, 0.4) is 0 Å². The van der Waals surface area contributed by atoms with Gasteiger partial charge < -0.3 is 32.6 Å². The summed E-state index contributed by atoms with van der Waals surface area (Å²) < 4.78 is 38.6. The average Bonchev–Trinajstić information content (AvgIpc) is 2.99. The molecule has 0 fully saturated rings. The van der Waals surface area contributed by atoms with Crippen LogP contribution in [0.1, 0.15) is 102 Å². The second kappa shape index (κ2) is 24.0. The first-order valence-electron chi connectivity index (χ1n) is 16.5. The Morgan fingerprint density at radius 2 is 1.49 bits per heavy atom. The van der Waals surface area contributed by atoms with Crippen molar-refractivity contribution in [3.8, 4) is 5.75 Å². The molecule has 0 heterocycles. The molecule has 0 spiro atoms. The van der Waals surface area contributed by atoms with Crippen LogP contribution in [-0.2, 0) is 32.7 Å². The normalized spacial score (nSPS) is 13.8. The third-order valence-electron chi connectivity index (χ3n) is 7.13. The topological polar surface area (TPSA) is 120 Å². The Morgan fingerprint density at radius 1 is 0.889 bits per heavy atom. The summed E-state index contributed by atoms with van der Waals surface area (Å²) in [6, 6.07) is 7.12. The van der Waals surface area contributed by atoms with Gasteiger partial charge in [0, 0.05) is 12.5 Å². The zero-order valence-electron chi connectivity index (χ0n) is 28.3. The highest BCUT2D eigenvalue weighted by Crippen LogP contribution is 2.38. The number of carbonyl (C=O) groups is 2. The fourth-order valence-electron chi connectivity index (χ4n) is 4.42. The van der Waals surface area contributed by atoms with Crippen LogP contribution in [0.4, 0.5) is 0 Å². The lowest BCUT2D eigenvalue weighted by Gasteiger charge is -2.28. The summed E-state index contributed by atoms with van der Waals surface area (Å²) in [7, 11) is 2.62. The van der Waals surface area contributed by atoms with E-state index in [0.29, 0.717) is 23.2 Å². The number of hydrogen-bond donors (Lipinski definition) is 0. The Kier molecular flexibility index (Phi) is 21.8. The monoisotopic (exact) mass is 655 g/mol. The molecule has 11 heteroatoms. The summed E-state index contributed by atoms with van der Waals surface area (Å²) in [6.45, 7) is 1.73. The fourth-order valence-corrected chi connectivity index (χ4v) is 5.15. The summed E-state index contributed by atoms with van der Waals surface area (Å²) in [5.74, 6) is -0.537. The van der Waals surface area contributed by atoms with Crippen LogP contribution in [0.5, 0.6) is 5.75 Å². The standard InChI is InChI=1S/C34H58NO9P/c1-6-7-8-9-10-11-12-13-14-15-16-17-18-22-34(37)44-32(29-43-45(38,39)42-26-25-35(2,3)4)28-41-33(36)24-23-30-20-19-21-31(27-30)40-5/h19-21,23-24,27,32H,6-18,22,25-26,28-29H2,1-5H3/t32-/m1/s1. The van der Waals surface area contributed by atoms with Crippen LogP contribution in [0.25, 0.3) is 6.08 Å². The van der Waals surface area contributed by atoms with Crippen LogP contribution >= 0.6 is 7.82 Å². The van der Waals surface area contributed by atoms with Crippen LogP contribution in [-0.4, -0.2) is 77.1 Å². The van der Waals surface area contributed by atoms with E-state index in [-0.39, 0.29) is 19.6 Å². The number of phosphoric ester groups is 1. The van der Waals surface area contributed by atoms with E-state index < -0.39 is 32.5 Å². The molecule has 0 saturated carbocycles. The van der Waals surface area contributed by atoms with E-state index in [1.165, 1.54) is 63.9 Å². The lowest BCUT2D eigenvalue weighted by Crippen LogP contribution is -2.37. The van der Waals surface area contributed by atoms with Crippen LogP contribution in [0.15, 0.2) is 30.3 Å². The van der Waals surface area contributed by atoms with Crippen molar-refractivity contribution in [3.05, 3.63) is 35.9 Å². The zero-order valence-corrected chi connectivity index (χ0v) is 29.2. The summed E-state index contributed by atoms with van der Waals surface area (Å²) >= 11 is 0. The van der Waals surface area contributed by atoms with E-state index in [1.807, 2.05) is 21.1 Å². The van der Waals surface area contributed by atoms with Crippen molar-refractivity contribution >= 4 is 25.8 Å². The molecule has 1 aromatic rings. The molecule has 0 saturated heterocycles. The zero-order chi connectivity index (χ0) is 33.4. The van der Waals surface area contributed by atoms with Gasteiger partial charge in [-0.3, -0.25) is 9.36 Å². The van der Waals surface area contributed by atoms with Crippen molar-refractivity contribution in [1.29, 1.82) is 0 Å². The lowest BCUT2D eigenvalue weighted by molar-refractivity contribution is -0.870. The molecule has 0 aromatic heterocycles. The van der Waals surface area contributed by atoms with Crippen LogP contribution in [0, 0.1) is 0 Å². The molecule has 0 N–H and O–H groups in total. The molecule has 0 aliphatic rings. The fraction of sp³-hybridized carbons (Fsp3) is 0.706.